The molecule has 25 heavy (non-hydrogen) atoms. The van der Waals surface area contributed by atoms with E-state index in [1.165, 1.54) is 0 Å². The van der Waals surface area contributed by atoms with Crippen molar-refractivity contribution in [1.82, 2.24) is 0 Å². The van der Waals surface area contributed by atoms with E-state index < -0.39 is 48.3 Å². The Morgan fingerprint density at radius 3 is 2.36 bits per heavy atom. The summed E-state index contributed by atoms with van der Waals surface area (Å²) in [5.41, 5.74) is -2.79. The molecular weight excluding hydrogens is 382 g/mol. The molecule has 1 aromatic carbocycles. The van der Waals surface area contributed by atoms with E-state index in [-0.39, 0.29) is 10.6 Å². The molecule has 0 saturated carbocycles. The van der Waals surface area contributed by atoms with E-state index in [0.717, 1.165) is 18.2 Å². The maximum Gasteiger partial charge on any atom is 0.573 e. The molecule has 3 atom stereocenters. The highest BCUT2D eigenvalue weighted by Gasteiger charge is 2.61. The molecule has 1 aliphatic rings. The van der Waals surface area contributed by atoms with E-state index in [1.54, 1.807) is 0 Å². The van der Waals surface area contributed by atoms with Crippen molar-refractivity contribution in [2.45, 2.75) is 43.5 Å². The summed E-state index contributed by atoms with van der Waals surface area (Å²) >= 11 is 5.84. The highest BCUT2D eigenvalue weighted by molar-refractivity contribution is 6.31. The molecule has 0 radical (unpaired) electrons. The van der Waals surface area contributed by atoms with Crippen LogP contribution in [0.2, 0.25) is 5.02 Å². The topological polar surface area (TPSA) is 55.8 Å². The van der Waals surface area contributed by atoms with Crippen molar-refractivity contribution in [1.29, 1.82) is 0 Å². The van der Waals surface area contributed by atoms with E-state index >= 15 is 0 Å². The van der Waals surface area contributed by atoms with E-state index in [2.05, 4.69) is 4.74 Å². The van der Waals surface area contributed by atoms with Gasteiger partial charge in [-0.3, -0.25) is 0 Å². The molecule has 0 aromatic heterocycles. The van der Waals surface area contributed by atoms with Gasteiger partial charge in [0.05, 0.1) is 0 Å². The molecule has 4 nitrogen and oxygen atoms in total. The van der Waals surface area contributed by atoms with Crippen LogP contribution in [0.15, 0.2) is 18.2 Å². The molecule has 1 aliphatic heterocycles. The lowest BCUT2D eigenvalue weighted by Crippen LogP contribution is -2.42. The first kappa shape index (κ1) is 19.6. The fourth-order valence-electron chi connectivity index (χ4n) is 2.62. The van der Waals surface area contributed by atoms with Gasteiger partial charge in [-0.15, -0.1) is 13.2 Å². The highest BCUT2D eigenvalue weighted by atomic mass is 35.5. The molecule has 1 heterocycles. The van der Waals surface area contributed by atoms with Crippen LogP contribution in [0.5, 0.6) is 5.75 Å². The van der Waals surface area contributed by atoms with Gasteiger partial charge in [-0.1, -0.05) is 17.7 Å². The fourth-order valence-corrected chi connectivity index (χ4v) is 2.93. The predicted octanol–water partition coefficient (Wildman–Crippen LogP) is 4.52. The van der Waals surface area contributed by atoms with Gasteiger partial charge in [0.1, 0.15) is 5.75 Å². The Bertz CT molecular complexity index is 674. The van der Waals surface area contributed by atoms with Crippen LogP contribution in [-0.2, 0) is 9.53 Å². The summed E-state index contributed by atoms with van der Waals surface area (Å²) in [6.07, 6.45) is -12.4. The zero-order valence-corrected chi connectivity index (χ0v) is 13.2. The number of aliphatic carboxylic acids is 1. The number of ether oxygens (including phenoxy) is 2. The lowest BCUT2D eigenvalue weighted by Gasteiger charge is -2.26. The van der Waals surface area contributed by atoms with Gasteiger partial charge < -0.3 is 14.6 Å². The van der Waals surface area contributed by atoms with E-state index in [4.69, 9.17) is 21.4 Å². The summed E-state index contributed by atoms with van der Waals surface area (Å²) in [5, 5.41) is 8.78. The summed E-state index contributed by atoms with van der Waals surface area (Å²) in [6.45, 7) is 0.706. The van der Waals surface area contributed by atoms with Crippen molar-refractivity contribution in [3.8, 4) is 5.75 Å². The smallest absolute Gasteiger partial charge is 0.479 e. The number of benzene rings is 1. The minimum atomic E-state index is -4.97. The number of carbonyl (C=O) groups is 1. The Labute approximate surface area is 142 Å². The van der Waals surface area contributed by atoms with E-state index in [0.29, 0.717) is 6.92 Å². The fraction of sp³-hybridized carbons (Fsp3) is 0.500. The van der Waals surface area contributed by atoms with Gasteiger partial charge in [-0.2, -0.15) is 13.2 Å². The average molecular weight is 393 g/mol. The Hall–Kier alpha value is -1.68. The predicted molar refractivity (Wildman–Crippen MR) is 72.5 cm³/mol. The van der Waals surface area contributed by atoms with Crippen LogP contribution >= 0.6 is 11.6 Å². The second kappa shape index (κ2) is 6.24. The van der Waals surface area contributed by atoms with Crippen LogP contribution in [0.3, 0.4) is 0 Å². The number of hydrogen-bond acceptors (Lipinski definition) is 3. The first-order valence-corrected chi connectivity index (χ1v) is 7.14. The Morgan fingerprint density at radius 1 is 1.32 bits per heavy atom. The quantitative estimate of drug-likeness (QED) is 0.769. The minimum Gasteiger partial charge on any atom is -0.479 e. The van der Waals surface area contributed by atoms with Gasteiger partial charge in [0, 0.05) is 10.9 Å². The summed E-state index contributed by atoms with van der Waals surface area (Å²) in [7, 11) is 0. The number of halogens is 7. The van der Waals surface area contributed by atoms with Crippen LogP contribution in [0.25, 0.3) is 0 Å². The largest absolute Gasteiger partial charge is 0.573 e. The molecule has 1 saturated heterocycles. The summed E-state index contributed by atoms with van der Waals surface area (Å²) in [5.74, 6) is -3.60. The number of hydrogen-bond donors (Lipinski definition) is 1. The minimum absolute atomic E-state index is 0.0726. The molecule has 11 heteroatoms. The van der Waals surface area contributed by atoms with Crippen molar-refractivity contribution >= 4 is 17.6 Å². The van der Waals surface area contributed by atoms with Gasteiger partial charge in [0.15, 0.2) is 11.7 Å². The maximum atomic E-state index is 13.1. The Kier molecular flexibility index (Phi) is 4.90. The molecule has 1 N–H and O–H groups in total. The van der Waals surface area contributed by atoms with Crippen LogP contribution in [0, 0.1) is 0 Å². The second-order valence-electron chi connectivity index (χ2n) is 5.65. The third-order valence-electron chi connectivity index (χ3n) is 3.81. The normalized spacial score (nSPS) is 27.4. The summed E-state index contributed by atoms with van der Waals surface area (Å²) in [6, 6.07) is 2.60. The molecule has 1 aromatic rings. The molecule has 0 aliphatic carbocycles. The van der Waals surface area contributed by atoms with E-state index in [9.17, 15) is 31.1 Å². The summed E-state index contributed by atoms with van der Waals surface area (Å²) in [4.78, 5) is 11.3. The number of rotatable bonds is 3. The monoisotopic (exact) mass is 392 g/mol. The number of carboxylic acids is 1. The third kappa shape index (κ3) is 4.12. The molecule has 0 bridgehead atoms. The highest BCUT2D eigenvalue weighted by Crippen LogP contribution is 2.50. The molecule has 0 amide bonds. The average Bonchev–Trinajstić information content (AvgIpc) is 2.76. The van der Waals surface area contributed by atoms with Gasteiger partial charge in [0.2, 0.25) is 0 Å². The van der Waals surface area contributed by atoms with Crippen LogP contribution in [0.1, 0.15) is 24.8 Å². The van der Waals surface area contributed by atoms with Crippen molar-refractivity contribution in [3.63, 3.8) is 0 Å². The van der Waals surface area contributed by atoms with Crippen molar-refractivity contribution in [2.75, 3.05) is 0 Å². The summed E-state index contributed by atoms with van der Waals surface area (Å²) < 4.78 is 84.3. The SMILES string of the molecule is CC1(C(F)(F)F)CC(c2ccc(OC(F)(F)F)cc2Cl)C(C(=O)O)O1. The Balaban J connectivity index is 2.37. The first-order valence-electron chi connectivity index (χ1n) is 6.76. The Morgan fingerprint density at radius 2 is 1.92 bits per heavy atom. The molecule has 3 unspecified atom stereocenters. The standard InChI is InChI=1S/C14H11ClF6O4/c1-12(13(16,17)18)5-8(10(25-12)11(22)23)7-3-2-6(4-9(7)15)24-14(19,20)21/h2-4,8,10H,5H2,1H3,(H,22,23). The molecule has 2 rings (SSSR count). The van der Waals surface area contributed by atoms with Crippen molar-refractivity contribution in [2.24, 2.45) is 0 Å². The van der Waals surface area contributed by atoms with E-state index in [1.807, 2.05) is 0 Å². The lowest BCUT2D eigenvalue weighted by atomic mass is 9.86. The molecule has 140 valence electrons. The number of carboxylic acid groups (broad SMARTS) is 1. The first-order chi connectivity index (χ1) is 11.2. The van der Waals surface area contributed by atoms with Gasteiger partial charge in [-0.25, -0.2) is 4.79 Å². The zero-order chi connectivity index (χ0) is 19.2. The second-order valence-corrected chi connectivity index (χ2v) is 6.05. The van der Waals surface area contributed by atoms with Crippen molar-refractivity contribution < 1.29 is 45.7 Å². The molecule has 0 spiro atoms. The lowest BCUT2D eigenvalue weighted by molar-refractivity contribution is -0.274. The molecular formula is C14H11ClF6O4. The maximum absolute atomic E-state index is 13.1. The van der Waals surface area contributed by atoms with Gasteiger partial charge in [0.25, 0.3) is 0 Å². The van der Waals surface area contributed by atoms with Crippen LogP contribution in [0.4, 0.5) is 26.3 Å². The van der Waals surface area contributed by atoms with Crippen molar-refractivity contribution in [3.05, 3.63) is 28.8 Å². The van der Waals surface area contributed by atoms with Gasteiger partial charge >= 0.3 is 18.5 Å². The van der Waals surface area contributed by atoms with Gasteiger partial charge in [-0.05, 0) is 31.0 Å². The van der Waals surface area contributed by atoms with Crippen LogP contribution in [-0.4, -0.2) is 35.3 Å². The third-order valence-corrected chi connectivity index (χ3v) is 4.14. The number of alkyl halides is 6. The molecule has 1 fully saturated rings. The van der Waals surface area contributed by atoms with Crippen LogP contribution < -0.4 is 4.74 Å². The zero-order valence-electron chi connectivity index (χ0n) is 12.4.